The Morgan fingerprint density at radius 2 is 1.73 bits per heavy atom. The number of halogens is 1. The van der Waals surface area contributed by atoms with Crippen molar-refractivity contribution < 1.29 is 9.59 Å². The molecule has 166 valence electrons. The Hall–Kier alpha value is -3.64. The van der Waals surface area contributed by atoms with Gasteiger partial charge in [-0.1, -0.05) is 72.3 Å². The first-order valence-electron chi connectivity index (χ1n) is 10.8. The summed E-state index contributed by atoms with van der Waals surface area (Å²) in [6, 6.07) is 24.7. The molecule has 0 saturated heterocycles. The molecule has 1 atom stereocenters. The normalized spacial score (nSPS) is 17.8. The average molecular weight is 459 g/mol. The molecule has 0 unspecified atom stereocenters. The second-order valence-corrected chi connectivity index (χ2v) is 8.84. The first kappa shape index (κ1) is 21.2. The van der Waals surface area contributed by atoms with Crippen molar-refractivity contribution >= 4 is 34.4 Å². The maximum Gasteiger partial charge on any atom is 0.291 e. The molecule has 1 N–H and O–H groups in total. The van der Waals surface area contributed by atoms with Crippen LogP contribution >= 0.6 is 11.6 Å². The zero-order chi connectivity index (χ0) is 23.0. The molecule has 6 nitrogen and oxygen atoms in total. The van der Waals surface area contributed by atoms with Crippen LogP contribution in [0.2, 0.25) is 5.02 Å². The lowest BCUT2D eigenvalue weighted by molar-refractivity contribution is -0.133. The minimum Gasteiger partial charge on any atom is -0.350 e. The van der Waals surface area contributed by atoms with E-state index in [4.69, 9.17) is 11.6 Å². The number of imidazole rings is 1. The molecular formula is C26H23ClN4O2. The number of carbonyl (C=O) groups is 2. The topological polar surface area (TPSA) is 67.2 Å². The molecule has 1 aliphatic heterocycles. The van der Waals surface area contributed by atoms with Gasteiger partial charge in [0.05, 0.1) is 17.6 Å². The van der Waals surface area contributed by atoms with E-state index in [0.717, 1.165) is 22.2 Å². The number of benzene rings is 3. The summed E-state index contributed by atoms with van der Waals surface area (Å²) in [5, 5.41) is 3.58. The number of rotatable bonds is 5. The highest BCUT2D eigenvalue weighted by atomic mass is 35.5. The monoisotopic (exact) mass is 458 g/mol. The summed E-state index contributed by atoms with van der Waals surface area (Å²) in [6.45, 7) is 2.68. The van der Waals surface area contributed by atoms with Crippen molar-refractivity contribution in [2.45, 2.75) is 32.1 Å². The van der Waals surface area contributed by atoms with Gasteiger partial charge in [0.2, 0.25) is 5.91 Å². The van der Waals surface area contributed by atoms with Gasteiger partial charge in [-0.05, 0) is 36.2 Å². The molecule has 0 fully saturated rings. The van der Waals surface area contributed by atoms with Crippen molar-refractivity contribution in [2.24, 2.45) is 0 Å². The van der Waals surface area contributed by atoms with Gasteiger partial charge >= 0.3 is 0 Å². The van der Waals surface area contributed by atoms with Gasteiger partial charge in [0.25, 0.3) is 5.91 Å². The van der Waals surface area contributed by atoms with Gasteiger partial charge in [0, 0.05) is 18.1 Å². The van der Waals surface area contributed by atoms with E-state index in [1.54, 1.807) is 17.9 Å². The maximum absolute atomic E-state index is 13.7. The summed E-state index contributed by atoms with van der Waals surface area (Å²) in [5.74, 6) is -0.193. The van der Waals surface area contributed by atoms with Crippen LogP contribution in [-0.4, -0.2) is 31.8 Å². The zero-order valence-corrected chi connectivity index (χ0v) is 18.9. The number of aromatic nitrogens is 2. The summed E-state index contributed by atoms with van der Waals surface area (Å²) in [4.78, 5) is 33.5. The highest BCUT2D eigenvalue weighted by Crippen LogP contribution is 2.33. The van der Waals surface area contributed by atoms with Gasteiger partial charge in [0.1, 0.15) is 5.54 Å². The van der Waals surface area contributed by atoms with Crippen LogP contribution in [0.1, 0.15) is 28.7 Å². The Kier molecular flexibility index (Phi) is 5.38. The predicted octanol–water partition coefficient (Wildman–Crippen LogP) is 4.42. The molecule has 7 heteroatoms. The highest BCUT2D eigenvalue weighted by Gasteiger charge is 2.48. The molecular weight excluding hydrogens is 436 g/mol. The summed E-state index contributed by atoms with van der Waals surface area (Å²) in [5.41, 5.74) is 2.19. The minimum atomic E-state index is -1.14. The third-order valence-electron chi connectivity index (χ3n) is 6.22. The molecule has 5 rings (SSSR count). The first-order valence-corrected chi connectivity index (χ1v) is 11.2. The van der Waals surface area contributed by atoms with E-state index in [9.17, 15) is 9.59 Å². The van der Waals surface area contributed by atoms with Gasteiger partial charge in [-0.2, -0.15) is 0 Å². The first-order chi connectivity index (χ1) is 16.0. The van der Waals surface area contributed by atoms with E-state index >= 15 is 0 Å². The Morgan fingerprint density at radius 1 is 1.03 bits per heavy atom. The number of carbonyl (C=O) groups excluding carboxylic acids is 2. The second kappa shape index (κ2) is 8.37. The SMILES string of the molecule is C[C@@]1(C(=O)NCc2ccccc2)Cn2c(nc3ccccc32)C(=O)N1Cc1ccccc1Cl. The predicted molar refractivity (Wildman–Crippen MR) is 128 cm³/mol. The largest absolute Gasteiger partial charge is 0.350 e. The molecule has 1 aromatic heterocycles. The Labute approximate surface area is 196 Å². The molecule has 3 aromatic carbocycles. The van der Waals surface area contributed by atoms with Crippen LogP contribution in [0.25, 0.3) is 11.0 Å². The quantitative estimate of drug-likeness (QED) is 0.481. The number of para-hydroxylation sites is 2. The lowest BCUT2D eigenvalue weighted by Crippen LogP contribution is -2.63. The van der Waals surface area contributed by atoms with Crippen molar-refractivity contribution in [1.29, 1.82) is 0 Å². The highest BCUT2D eigenvalue weighted by molar-refractivity contribution is 6.31. The maximum atomic E-state index is 13.7. The van der Waals surface area contributed by atoms with Crippen molar-refractivity contribution in [3.8, 4) is 0 Å². The molecule has 0 aliphatic carbocycles. The van der Waals surface area contributed by atoms with E-state index in [0.29, 0.717) is 23.9 Å². The van der Waals surface area contributed by atoms with Crippen LogP contribution in [0.4, 0.5) is 0 Å². The lowest BCUT2D eigenvalue weighted by Gasteiger charge is -2.43. The van der Waals surface area contributed by atoms with Crippen LogP contribution < -0.4 is 5.32 Å². The van der Waals surface area contributed by atoms with Crippen LogP contribution in [0.5, 0.6) is 0 Å². The molecule has 0 radical (unpaired) electrons. The number of nitrogens with one attached hydrogen (secondary N) is 1. The van der Waals surface area contributed by atoms with Gasteiger partial charge in [-0.15, -0.1) is 0 Å². The minimum absolute atomic E-state index is 0.205. The van der Waals surface area contributed by atoms with Crippen LogP contribution in [0.3, 0.4) is 0 Å². The van der Waals surface area contributed by atoms with Crippen molar-refractivity contribution in [3.63, 3.8) is 0 Å². The molecule has 0 saturated carbocycles. The third-order valence-corrected chi connectivity index (χ3v) is 6.59. The van der Waals surface area contributed by atoms with Gasteiger partial charge in [-0.25, -0.2) is 4.98 Å². The second-order valence-electron chi connectivity index (χ2n) is 8.44. The fourth-order valence-electron chi connectivity index (χ4n) is 4.34. The van der Waals surface area contributed by atoms with Crippen molar-refractivity contribution in [1.82, 2.24) is 19.8 Å². The van der Waals surface area contributed by atoms with E-state index in [1.807, 2.05) is 77.4 Å². The lowest BCUT2D eigenvalue weighted by atomic mass is 9.94. The molecule has 0 spiro atoms. The summed E-state index contributed by atoms with van der Waals surface area (Å²) >= 11 is 6.41. The van der Waals surface area contributed by atoms with Gasteiger partial charge in [-0.3, -0.25) is 9.59 Å². The Bertz CT molecular complexity index is 1350. The van der Waals surface area contributed by atoms with Crippen molar-refractivity contribution in [3.05, 3.63) is 101 Å². The van der Waals surface area contributed by atoms with Crippen LogP contribution in [0.15, 0.2) is 78.9 Å². The Balaban J connectivity index is 1.55. The summed E-state index contributed by atoms with van der Waals surface area (Å²) in [6.07, 6.45) is 0. The van der Waals surface area contributed by atoms with Gasteiger partial charge < -0.3 is 14.8 Å². The van der Waals surface area contributed by atoms with Gasteiger partial charge in [0.15, 0.2) is 5.82 Å². The number of hydrogen-bond acceptors (Lipinski definition) is 3. The molecule has 4 aromatic rings. The molecule has 2 heterocycles. The zero-order valence-electron chi connectivity index (χ0n) is 18.2. The molecule has 2 amide bonds. The smallest absolute Gasteiger partial charge is 0.291 e. The fourth-order valence-corrected chi connectivity index (χ4v) is 4.54. The van der Waals surface area contributed by atoms with E-state index in [-0.39, 0.29) is 18.4 Å². The summed E-state index contributed by atoms with van der Waals surface area (Å²) in [7, 11) is 0. The number of hydrogen-bond donors (Lipinski definition) is 1. The molecule has 0 bridgehead atoms. The van der Waals surface area contributed by atoms with E-state index in [1.165, 1.54) is 0 Å². The summed E-state index contributed by atoms with van der Waals surface area (Å²) < 4.78 is 1.85. The number of nitrogens with zero attached hydrogens (tertiary/aromatic N) is 3. The number of fused-ring (bicyclic) bond motifs is 3. The average Bonchev–Trinajstić information content (AvgIpc) is 3.20. The Morgan fingerprint density at radius 3 is 2.52 bits per heavy atom. The van der Waals surface area contributed by atoms with Crippen LogP contribution in [0, 0.1) is 0 Å². The molecule has 33 heavy (non-hydrogen) atoms. The third kappa shape index (κ3) is 3.76. The van der Waals surface area contributed by atoms with E-state index in [2.05, 4.69) is 10.3 Å². The van der Waals surface area contributed by atoms with Crippen LogP contribution in [-0.2, 0) is 24.4 Å². The van der Waals surface area contributed by atoms with E-state index < -0.39 is 5.54 Å². The standard InChI is InChI=1S/C26H23ClN4O2/c1-26(25(33)28-15-18-9-3-2-4-10-18)17-30-22-14-8-7-13-21(22)29-23(30)24(32)31(26)16-19-11-5-6-12-20(19)27/h2-14H,15-17H2,1H3,(H,28,33)/t26-/m0/s1. The van der Waals surface area contributed by atoms with Crippen molar-refractivity contribution in [2.75, 3.05) is 0 Å². The number of amides is 2. The molecule has 1 aliphatic rings. The fraction of sp³-hybridized carbons (Fsp3) is 0.192.